The number of rotatable bonds is 6. The first-order valence-electron chi connectivity index (χ1n) is 9.44. The van der Waals surface area contributed by atoms with Gasteiger partial charge in [-0.15, -0.1) is 0 Å². The van der Waals surface area contributed by atoms with Crippen molar-refractivity contribution in [3.63, 3.8) is 0 Å². The summed E-state index contributed by atoms with van der Waals surface area (Å²) in [6.07, 6.45) is 9.67. The highest BCUT2D eigenvalue weighted by molar-refractivity contribution is 5.80. The minimum Gasteiger partial charge on any atom is -0.370 e. The van der Waals surface area contributed by atoms with Crippen molar-refractivity contribution in [1.82, 2.24) is 10.2 Å². The van der Waals surface area contributed by atoms with Crippen LogP contribution in [0.25, 0.3) is 0 Å². The van der Waals surface area contributed by atoms with Crippen molar-refractivity contribution in [2.45, 2.75) is 58.3 Å². The van der Waals surface area contributed by atoms with Crippen LogP contribution in [0.15, 0.2) is 4.99 Å². The maximum absolute atomic E-state index is 11.2. The molecule has 5 heteroatoms. The van der Waals surface area contributed by atoms with Crippen molar-refractivity contribution in [3.8, 4) is 0 Å². The second kappa shape index (κ2) is 7.10. The number of piperidine rings is 1. The molecule has 1 amide bonds. The third-order valence-electron chi connectivity index (χ3n) is 5.98. The highest BCUT2D eigenvalue weighted by atomic mass is 16.1. The average molecular weight is 320 g/mol. The molecule has 0 radical (unpaired) electrons. The van der Waals surface area contributed by atoms with Gasteiger partial charge in [-0.2, -0.15) is 0 Å². The Bertz CT molecular complexity index is 454. The number of hydrogen-bond donors (Lipinski definition) is 2. The first-order chi connectivity index (χ1) is 11.1. The van der Waals surface area contributed by atoms with Gasteiger partial charge < -0.3 is 16.0 Å². The monoisotopic (exact) mass is 320 g/mol. The van der Waals surface area contributed by atoms with E-state index in [9.17, 15) is 4.79 Å². The van der Waals surface area contributed by atoms with Crippen molar-refractivity contribution < 1.29 is 4.79 Å². The van der Waals surface area contributed by atoms with Crippen LogP contribution in [0.5, 0.6) is 0 Å². The lowest BCUT2D eigenvalue weighted by Gasteiger charge is -2.42. The molecule has 2 saturated carbocycles. The van der Waals surface area contributed by atoms with Crippen LogP contribution in [0.4, 0.5) is 0 Å². The number of hydrogen-bond acceptors (Lipinski definition) is 2. The van der Waals surface area contributed by atoms with Crippen LogP contribution in [0.2, 0.25) is 0 Å². The molecule has 1 heterocycles. The van der Waals surface area contributed by atoms with E-state index in [0.29, 0.717) is 17.8 Å². The normalized spacial score (nSPS) is 27.4. The molecule has 1 atom stereocenters. The minimum atomic E-state index is -0.180. The predicted molar refractivity (Wildman–Crippen MR) is 93.1 cm³/mol. The van der Waals surface area contributed by atoms with Gasteiger partial charge in [0.05, 0.1) is 0 Å². The van der Waals surface area contributed by atoms with E-state index in [-0.39, 0.29) is 5.91 Å². The second-order valence-electron chi connectivity index (χ2n) is 7.79. The molecule has 0 bridgehead atoms. The van der Waals surface area contributed by atoms with Gasteiger partial charge in [0.1, 0.15) is 0 Å². The van der Waals surface area contributed by atoms with Crippen molar-refractivity contribution in [2.24, 2.45) is 28.0 Å². The summed E-state index contributed by atoms with van der Waals surface area (Å²) in [5.41, 5.74) is 5.90. The molecule has 0 aromatic heterocycles. The summed E-state index contributed by atoms with van der Waals surface area (Å²) < 4.78 is 0. The van der Waals surface area contributed by atoms with Gasteiger partial charge in [-0.05, 0) is 62.7 Å². The van der Waals surface area contributed by atoms with Crippen molar-refractivity contribution in [2.75, 3.05) is 26.2 Å². The molecule has 3 aliphatic rings. The number of guanidine groups is 1. The number of nitrogens with one attached hydrogen (secondary N) is 1. The van der Waals surface area contributed by atoms with Crippen LogP contribution in [0.3, 0.4) is 0 Å². The fraction of sp³-hybridized carbons (Fsp3) is 0.889. The Morgan fingerprint density at radius 2 is 2.09 bits per heavy atom. The smallest absolute Gasteiger partial charge is 0.217 e. The number of carbonyl (C=O) groups is 1. The summed E-state index contributed by atoms with van der Waals surface area (Å²) in [5, 5.41) is 3.47. The number of amides is 1. The molecule has 5 nitrogen and oxygen atoms in total. The van der Waals surface area contributed by atoms with E-state index in [4.69, 9.17) is 10.7 Å². The number of likely N-dealkylation sites (tertiary alicyclic amines) is 1. The molecule has 2 aliphatic carbocycles. The summed E-state index contributed by atoms with van der Waals surface area (Å²) in [6, 6.07) is 0. The standard InChI is InChI=1S/C18H32N4O/c1-2-20-17(21-13-18(8-4-9-18)15-6-7-15)22-10-3-5-14(12-22)11-16(19)23/h14-15H,2-13H2,1H3,(H2,19,23)(H,20,21). The summed E-state index contributed by atoms with van der Waals surface area (Å²) >= 11 is 0. The SMILES string of the molecule is CCNC(=NCC1(C2CC2)CCC1)N1CCCC(CC(N)=O)C1. The van der Waals surface area contributed by atoms with Gasteiger partial charge in [0.25, 0.3) is 0 Å². The molecular formula is C18H32N4O. The van der Waals surface area contributed by atoms with Gasteiger partial charge in [0.2, 0.25) is 5.91 Å². The second-order valence-corrected chi connectivity index (χ2v) is 7.79. The fourth-order valence-corrected chi connectivity index (χ4v) is 4.39. The van der Waals surface area contributed by atoms with Gasteiger partial charge in [-0.25, -0.2) is 0 Å². The zero-order chi connectivity index (χ0) is 16.3. The Morgan fingerprint density at radius 1 is 1.30 bits per heavy atom. The highest BCUT2D eigenvalue weighted by Crippen LogP contribution is 2.57. The highest BCUT2D eigenvalue weighted by Gasteiger charge is 2.48. The van der Waals surface area contributed by atoms with Crippen molar-refractivity contribution >= 4 is 11.9 Å². The number of carbonyl (C=O) groups excluding carboxylic acids is 1. The Morgan fingerprint density at radius 3 is 2.65 bits per heavy atom. The third kappa shape index (κ3) is 3.99. The van der Waals surface area contributed by atoms with Gasteiger partial charge in [0.15, 0.2) is 5.96 Å². The molecule has 0 spiro atoms. The van der Waals surface area contributed by atoms with E-state index in [2.05, 4.69) is 17.1 Å². The zero-order valence-electron chi connectivity index (χ0n) is 14.5. The van der Waals surface area contributed by atoms with Crippen LogP contribution < -0.4 is 11.1 Å². The lowest BCUT2D eigenvalue weighted by atomic mass is 9.65. The largest absolute Gasteiger partial charge is 0.370 e. The molecule has 3 N–H and O–H groups in total. The lowest BCUT2D eigenvalue weighted by molar-refractivity contribution is -0.119. The van der Waals surface area contributed by atoms with Crippen LogP contribution in [0.1, 0.15) is 58.3 Å². The summed E-state index contributed by atoms with van der Waals surface area (Å²) in [4.78, 5) is 18.6. The Labute approximate surface area is 140 Å². The quantitative estimate of drug-likeness (QED) is 0.582. The molecule has 3 fully saturated rings. The molecule has 1 unspecified atom stereocenters. The minimum absolute atomic E-state index is 0.180. The average Bonchev–Trinajstić information content (AvgIpc) is 3.29. The van der Waals surface area contributed by atoms with Gasteiger partial charge in [0, 0.05) is 32.6 Å². The maximum atomic E-state index is 11.2. The third-order valence-corrected chi connectivity index (χ3v) is 5.98. The summed E-state index contributed by atoms with van der Waals surface area (Å²) in [5.74, 6) is 2.19. The molecule has 3 rings (SSSR count). The van der Waals surface area contributed by atoms with E-state index >= 15 is 0 Å². The number of nitrogens with zero attached hydrogens (tertiary/aromatic N) is 2. The van der Waals surface area contributed by atoms with E-state index in [1.54, 1.807) is 0 Å². The molecule has 1 saturated heterocycles. The Kier molecular flexibility index (Phi) is 5.12. The summed E-state index contributed by atoms with van der Waals surface area (Å²) in [7, 11) is 0. The Hall–Kier alpha value is -1.26. The molecule has 1 aliphatic heterocycles. The fourth-order valence-electron chi connectivity index (χ4n) is 4.39. The molecule has 0 aromatic carbocycles. The van der Waals surface area contributed by atoms with E-state index in [0.717, 1.165) is 50.9 Å². The van der Waals surface area contributed by atoms with Crippen LogP contribution in [-0.2, 0) is 4.79 Å². The van der Waals surface area contributed by atoms with E-state index in [1.807, 2.05) is 0 Å². The van der Waals surface area contributed by atoms with E-state index < -0.39 is 0 Å². The van der Waals surface area contributed by atoms with Crippen LogP contribution in [0, 0.1) is 17.3 Å². The number of primary amides is 1. The number of aliphatic imine (C=N–C) groups is 1. The number of nitrogens with two attached hydrogens (primary N) is 1. The molecular weight excluding hydrogens is 288 g/mol. The lowest BCUT2D eigenvalue weighted by Crippen LogP contribution is -2.48. The Balaban J connectivity index is 1.62. The maximum Gasteiger partial charge on any atom is 0.217 e. The van der Waals surface area contributed by atoms with E-state index in [1.165, 1.54) is 32.1 Å². The zero-order valence-corrected chi connectivity index (χ0v) is 14.5. The van der Waals surface area contributed by atoms with Gasteiger partial charge in [-0.1, -0.05) is 6.42 Å². The molecule has 0 aromatic rings. The van der Waals surface area contributed by atoms with Crippen LogP contribution >= 0.6 is 0 Å². The summed E-state index contributed by atoms with van der Waals surface area (Å²) in [6.45, 7) is 5.95. The molecule has 23 heavy (non-hydrogen) atoms. The molecule has 130 valence electrons. The van der Waals surface area contributed by atoms with Crippen LogP contribution in [-0.4, -0.2) is 42.9 Å². The van der Waals surface area contributed by atoms with Crippen molar-refractivity contribution in [3.05, 3.63) is 0 Å². The predicted octanol–water partition coefficient (Wildman–Crippen LogP) is 2.12. The van der Waals surface area contributed by atoms with Gasteiger partial charge >= 0.3 is 0 Å². The van der Waals surface area contributed by atoms with Crippen molar-refractivity contribution in [1.29, 1.82) is 0 Å². The first kappa shape index (κ1) is 16.6. The van der Waals surface area contributed by atoms with Gasteiger partial charge in [-0.3, -0.25) is 9.79 Å². The topological polar surface area (TPSA) is 70.7 Å². The first-order valence-corrected chi connectivity index (χ1v) is 9.44.